The van der Waals surface area contributed by atoms with Gasteiger partial charge in [-0.1, -0.05) is 6.07 Å². The summed E-state index contributed by atoms with van der Waals surface area (Å²) in [5.41, 5.74) is 1.78. The fraction of sp³-hybridized carbons (Fsp3) is 0.0833. The lowest BCUT2D eigenvalue weighted by Crippen LogP contribution is -1.96. The molecule has 0 spiro atoms. The van der Waals surface area contributed by atoms with Gasteiger partial charge in [0.25, 0.3) is 0 Å². The van der Waals surface area contributed by atoms with Crippen LogP contribution >= 0.6 is 0 Å². The number of nitrogens with zero attached hydrogens (tertiary/aromatic N) is 3. The van der Waals surface area contributed by atoms with Crippen LogP contribution in [0.3, 0.4) is 0 Å². The van der Waals surface area contributed by atoms with Gasteiger partial charge in [-0.2, -0.15) is 10.4 Å². The minimum atomic E-state index is -1.01. The predicted octanol–water partition coefficient (Wildman–Crippen LogP) is 1.75. The summed E-state index contributed by atoms with van der Waals surface area (Å²) in [6.07, 6.45) is 1.44. The highest BCUT2D eigenvalue weighted by atomic mass is 16.4. The van der Waals surface area contributed by atoms with Gasteiger partial charge in [0.2, 0.25) is 0 Å². The summed E-state index contributed by atoms with van der Waals surface area (Å²) in [6.45, 7) is 1.63. The molecule has 2 aromatic rings. The van der Waals surface area contributed by atoms with Crippen LogP contribution in [0.1, 0.15) is 21.6 Å². The molecule has 1 aromatic heterocycles. The van der Waals surface area contributed by atoms with E-state index in [1.54, 1.807) is 31.2 Å². The van der Waals surface area contributed by atoms with Crippen molar-refractivity contribution in [3.63, 3.8) is 0 Å². The molecular weight excluding hydrogens is 218 g/mol. The van der Waals surface area contributed by atoms with Gasteiger partial charge in [-0.05, 0) is 25.1 Å². The number of carbonyl (C=O) groups is 1. The van der Waals surface area contributed by atoms with E-state index in [1.807, 2.05) is 6.07 Å². The zero-order valence-corrected chi connectivity index (χ0v) is 9.08. The maximum Gasteiger partial charge on any atom is 0.339 e. The van der Waals surface area contributed by atoms with E-state index in [1.165, 1.54) is 10.9 Å². The molecule has 84 valence electrons. The minimum Gasteiger partial charge on any atom is -0.478 e. The van der Waals surface area contributed by atoms with Crippen LogP contribution in [0.5, 0.6) is 0 Å². The van der Waals surface area contributed by atoms with E-state index in [9.17, 15) is 4.79 Å². The fourth-order valence-corrected chi connectivity index (χ4v) is 1.52. The van der Waals surface area contributed by atoms with Crippen molar-refractivity contribution in [2.75, 3.05) is 0 Å². The molecule has 5 nitrogen and oxygen atoms in total. The van der Waals surface area contributed by atoms with E-state index < -0.39 is 5.97 Å². The van der Waals surface area contributed by atoms with Crippen molar-refractivity contribution < 1.29 is 9.90 Å². The average molecular weight is 227 g/mol. The first-order valence-corrected chi connectivity index (χ1v) is 4.92. The lowest BCUT2D eigenvalue weighted by molar-refractivity contribution is 0.0696. The molecule has 0 aliphatic carbocycles. The van der Waals surface area contributed by atoms with Gasteiger partial charge in [-0.3, -0.25) is 0 Å². The van der Waals surface area contributed by atoms with Gasteiger partial charge < -0.3 is 5.11 Å². The Morgan fingerprint density at radius 3 is 2.88 bits per heavy atom. The highest BCUT2D eigenvalue weighted by Crippen LogP contribution is 2.13. The van der Waals surface area contributed by atoms with Gasteiger partial charge in [-0.15, -0.1) is 0 Å². The summed E-state index contributed by atoms with van der Waals surface area (Å²) in [7, 11) is 0. The third kappa shape index (κ3) is 2.01. The van der Waals surface area contributed by atoms with E-state index >= 15 is 0 Å². The third-order valence-electron chi connectivity index (χ3n) is 2.37. The highest BCUT2D eigenvalue weighted by molar-refractivity contribution is 5.88. The summed E-state index contributed by atoms with van der Waals surface area (Å²) in [5, 5.41) is 21.8. The van der Waals surface area contributed by atoms with E-state index in [4.69, 9.17) is 10.4 Å². The van der Waals surface area contributed by atoms with E-state index in [2.05, 4.69) is 5.10 Å². The molecule has 5 heteroatoms. The van der Waals surface area contributed by atoms with Crippen LogP contribution in [0.2, 0.25) is 0 Å². The second-order valence-electron chi connectivity index (χ2n) is 3.54. The van der Waals surface area contributed by atoms with Crippen LogP contribution in [0.15, 0.2) is 30.5 Å². The molecule has 0 saturated carbocycles. The SMILES string of the molecule is Cc1nn(-c2cccc(C#N)c2)cc1C(=O)O. The number of rotatable bonds is 2. The quantitative estimate of drug-likeness (QED) is 0.847. The van der Waals surface area contributed by atoms with Gasteiger partial charge in [0.15, 0.2) is 0 Å². The largest absolute Gasteiger partial charge is 0.478 e. The Balaban J connectivity index is 2.50. The average Bonchev–Trinajstić information content (AvgIpc) is 2.71. The number of benzene rings is 1. The Labute approximate surface area is 97.5 Å². The molecule has 0 amide bonds. The zero-order valence-electron chi connectivity index (χ0n) is 9.08. The van der Waals surface area contributed by atoms with Crippen LogP contribution in [0, 0.1) is 18.3 Å². The fourth-order valence-electron chi connectivity index (χ4n) is 1.52. The van der Waals surface area contributed by atoms with Crippen LogP contribution in [-0.4, -0.2) is 20.9 Å². The zero-order chi connectivity index (χ0) is 12.4. The van der Waals surface area contributed by atoms with E-state index in [-0.39, 0.29) is 5.56 Å². The monoisotopic (exact) mass is 227 g/mol. The molecule has 0 unspecified atom stereocenters. The van der Waals surface area contributed by atoms with Crippen LogP contribution < -0.4 is 0 Å². The molecule has 2 rings (SSSR count). The number of carboxylic acid groups (broad SMARTS) is 1. The topological polar surface area (TPSA) is 78.9 Å². The summed E-state index contributed by atoms with van der Waals surface area (Å²) in [4.78, 5) is 10.9. The summed E-state index contributed by atoms with van der Waals surface area (Å²) in [5.74, 6) is -1.01. The second kappa shape index (κ2) is 4.10. The number of hydrogen-bond donors (Lipinski definition) is 1. The molecule has 0 saturated heterocycles. The Hall–Kier alpha value is -2.61. The van der Waals surface area contributed by atoms with Crippen molar-refractivity contribution >= 4 is 5.97 Å². The van der Waals surface area contributed by atoms with Crippen molar-refractivity contribution in [1.82, 2.24) is 9.78 Å². The summed E-state index contributed by atoms with van der Waals surface area (Å²) < 4.78 is 1.46. The molecule has 0 aliphatic rings. The second-order valence-corrected chi connectivity index (χ2v) is 3.54. The van der Waals surface area contributed by atoms with Crippen molar-refractivity contribution in [3.05, 3.63) is 47.3 Å². The molecular formula is C12H9N3O2. The molecule has 1 N–H and O–H groups in total. The smallest absolute Gasteiger partial charge is 0.339 e. The molecule has 0 atom stereocenters. The van der Waals surface area contributed by atoms with Crippen LogP contribution in [0.4, 0.5) is 0 Å². The van der Waals surface area contributed by atoms with Crippen molar-refractivity contribution in [2.24, 2.45) is 0 Å². The lowest BCUT2D eigenvalue weighted by Gasteiger charge is -2.00. The Bertz CT molecular complexity index is 623. The van der Waals surface area contributed by atoms with E-state index in [0.29, 0.717) is 16.9 Å². The van der Waals surface area contributed by atoms with Crippen molar-refractivity contribution in [2.45, 2.75) is 6.92 Å². The number of nitriles is 1. The van der Waals surface area contributed by atoms with Gasteiger partial charge in [-0.25, -0.2) is 9.48 Å². The Morgan fingerprint density at radius 2 is 2.29 bits per heavy atom. The summed E-state index contributed by atoms with van der Waals surface area (Å²) in [6, 6.07) is 8.84. The molecule has 0 aliphatic heterocycles. The standard InChI is InChI=1S/C12H9N3O2/c1-8-11(12(16)17)7-15(14-8)10-4-2-3-9(5-10)6-13/h2-5,7H,1H3,(H,16,17). The molecule has 0 radical (unpaired) electrons. The van der Waals surface area contributed by atoms with Crippen LogP contribution in [-0.2, 0) is 0 Å². The third-order valence-corrected chi connectivity index (χ3v) is 2.37. The Kier molecular flexibility index (Phi) is 2.63. The van der Waals surface area contributed by atoms with Gasteiger partial charge in [0.1, 0.15) is 5.56 Å². The lowest BCUT2D eigenvalue weighted by atomic mass is 10.2. The number of aromatic nitrogens is 2. The first kappa shape index (κ1) is 10.9. The van der Waals surface area contributed by atoms with Crippen molar-refractivity contribution in [1.29, 1.82) is 5.26 Å². The molecule has 17 heavy (non-hydrogen) atoms. The first-order chi connectivity index (χ1) is 8.11. The van der Waals surface area contributed by atoms with Crippen molar-refractivity contribution in [3.8, 4) is 11.8 Å². The van der Waals surface area contributed by atoms with Gasteiger partial charge in [0.05, 0.1) is 23.0 Å². The minimum absolute atomic E-state index is 0.160. The molecule has 1 heterocycles. The van der Waals surface area contributed by atoms with Crippen LogP contribution in [0.25, 0.3) is 5.69 Å². The van der Waals surface area contributed by atoms with E-state index in [0.717, 1.165) is 0 Å². The normalized spacial score (nSPS) is 9.88. The maximum atomic E-state index is 10.9. The molecule has 0 fully saturated rings. The number of carboxylic acids is 1. The highest BCUT2D eigenvalue weighted by Gasteiger charge is 2.12. The maximum absolute atomic E-state index is 10.9. The van der Waals surface area contributed by atoms with Gasteiger partial charge >= 0.3 is 5.97 Å². The predicted molar refractivity (Wildman–Crippen MR) is 60.0 cm³/mol. The number of aryl methyl sites for hydroxylation is 1. The first-order valence-electron chi connectivity index (χ1n) is 4.92. The number of aromatic carboxylic acids is 1. The van der Waals surface area contributed by atoms with Gasteiger partial charge in [0, 0.05) is 6.20 Å². The number of hydrogen-bond acceptors (Lipinski definition) is 3. The molecule has 1 aromatic carbocycles. The Morgan fingerprint density at radius 1 is 1.53 bits per heavy atom. The molecule has 0 bridgehead atoms. The summed E-state index contributed by atoms with van der Waals surface area (Å²) >= 11 is 0.